The highest BCUT2D eigenvalue weighted by Crippen LogP contribution is 2.10. The lowest BCUT2D eigenvalue weighted by atomic mass is 10.1. The molecule has 0 saturated carbocycles. The number of carbonyl (C=O) groups excluding carboxylic acids is 1. The van der Waals surface area contributed by atoms with Crippen molar-refractivity contribution >= 4 is 5.91 Å². The minimum atomic E-state index is -0.149. The standard InChI is InChI=1S/C14H18N2O3/c1-11-9-12(10-15)3-4-13(11)14(18)16-5-2-7-19-8-6-17/h3-4,9,17H,2,5-8H2,1H3,(H,16,18). The van der Waals surface area contributed by atoms with Gasteiger partial charge in [-0.05, 0) is 37.1 Å². The van der Waals surface area contributed by atoms with Crippen molar-refractivity contribution in [3.8, 4) is 6.07 Å². The Bertz CT molecular complexity index is 466. The fourth-order valence-electron chi connectivity index (χ4n) is 1.63. The van der Waals surface area contributed by atoms with Crippen molar-refractivity contribution in [3.63, 3.8) is 0 Å². The summed E-state index contributed by atoms with van der Waals surface area (Å²) in [6, 6.07) is 7.02. The van der Waals surface area contributed by atoms with E-state index in [1.54, 1.807) is 25.1 Å². The van der Waals surface area contributed by atoms with Gasteiger partial charge >= 0.3 is 0 Å². The largest absolute Gasteiger partial charge is 0.394 e. The van der Waals surface area contributed by atoms with Gasteiger partial charge in [-0.15, -0.1) is 0 Å². The quantitative estimate of drug-likeness (QED) is 0.718. The number of benzene rings is 1. The van der Waals surface area contributed by atoms with Gasteiger partial charge in [0.05, 0.1) is 24.8 Å². The number of hydrogen-bond donors (Lipinski definition) is 2. The Morgan fingerprint density at radius 2 is 2.26 bits per heavy atom. The minimum absolute atomic E-state index is 0.0107. The number of aliphatic hydroxyl groups is 1. The Morgan fingerprint density at radius 1 is 1.47 bits per heavy atom. The van der Waals surface area contributed by atoms with Crippen LogP contribution in [0.3, 0.4) is 0 Å². The van der Waals surface area contributed by atoms with E-state index in [9.17, 15) is 4.79 Å². The Kier molecular flexibility index (Phi) is 6.58. The SMILES string of the molecule is Cc1cc(C#N)ccc1C(=O)NCCCOCCO. The molecular weight excluding hydrogens is 244 g/mol. The van der Waals surface area contributed by atoms with Crippen molar-refractivity contribution in [3.05, 3.63) is 34.9 Å². The van der Waals surface area contributed by atoms with Crippen LogP contribution in [-0.4, -0.2) is 37.4 Å². The normalized spacial score (nSPS) is 9.95. The van der Waals surface area contributed by atoms with E-state index in [1.807, 2.05) is 6.07 Å². The fourth-order valence-corrected chi connectivity index (χ4v) is 1.63. The van der Waals surface area contributed by atoms with Gasteiger partial charge in [0.15, 0.2) is 0 Å². The number of nitrogens with zero attached hydrogens (tertiary/aromatic N) is 1. The van der Waals surface area contributed by atoms with Gasteiger partial charge in [0.1, 0.15) is 0 Å². The molecule has 1 aromatic carbocycles. The summed E-state index contributed by atoms with van der Waals surface area (Å²) < 4.78 is 5.09. The number of aliphatic hydroxyl groups excluding tert-OH is 1. The molecule has 1 aromatic rings. The molecule has 1 rings (SSSR count). The van der Waals surface area contributed by atoms with Gasteiger partial charge in [-0.1, -0.05) is 0 Å². The van der Waals surface area contributed by atoms with Gasteiger partial charge in [-0.3, -0.25) is 4.79 Å². The molecule has 0 unspecified atom stereocenters. The van der Waals surface area contributed by atoms with Crippen LogP contribution in [-0.2, 0) is 4.74 Å². The van der Waals surface area contributed by atoms with Crippen LogP contribution in [0, 0.1) is 18.3 Å². The first-order valence-corrected chi connectivity index (χ1v) is 6.16. The summed E-state index contributed by atoms with van der Waals surface area (Å²) in [6.45, 7) is 3.16. The third-order valence-corrected chi connectivity index (χ3v) is 2.59. The third kappa shape index (κ3) is 5.08. The Balaban J connectivity index is 2.40. The molecule has 102 valence electrons. The number of nitriles is 1. The van der Waals surface area contributed by atoms with E-state index in [2.05, 4.69) is 5.32 Å². The van der Waals surface area contributed by atoms with Crippen molar-refractivity contribution in [2.45, 2.75) is 13.3 Å². The van der Waals surface area contributed by atoms with Gasteiger partial charge in [-0.25, -0.2) is 0 Å². The molecule has 0 radical (unpaired) electrons. The smallest absolute Gasteiger partial charge is 0.251 e. The first-order valence-electron chi connectivity index (χ1n) is 6.16. The van der Waals surface area contributed by atoms with Crippen LogP contribution in [0.15, 0.2) is 18.2 Å². The zero-order valence-electron chi connectivity index (χ0n) is 11.0. The predicted octanol–water partition coefficient (Wildman–Crippen LogP) is 0.996. The zero-order chi connectivity index (χ0) is 14.1. The molecule has 1 amide bonds. The van der Waals surface area contributed by atoms with E-state index < -0.39 is 0 Å². The molecular formula is C14H18N2O3. The van der Waals surface area contributed by atoms with Crippen molar-refractivity contribution < 1.29 is 14.6 Å². The van der Waals surface area contributed by atoms with E-state index in [0.29, 0.717) is 37.3 Å². The third-order valence-electron chi connectivity index (χ3n) is 2.59. The molecule has 0 aromatic heterocycles. The molecule has 0 aliphatic carbocycles. The molecule has 0 spiro atoms. The van der Waals surface area contributed by atoms with E-state index >= 15 is 0 Å². The maximum Gasteiger partial charge on any atom is 0.251 e. The van der Waals surface area contributed by atoms with Crippen LogP contribution >= 0.6 is 0 Å². The first kappa shape index (κ1) is 15.2. The Labute approximate surface area is 112 Å². The van der Waals surface area contributed by atoms with E-state index in [-0.39, 0.29) is 12.5 Å². The highest BCUT2D eigenvalue weighted by molar-refractivity contribution is 5.95. The van der Waals surface area contributed by atoms with Crippen LogP contribution in [0.2, 0.25) is 0 Å². The molecule has 0 aliphatic rings. The number of nitrogens with one attached hydrogen (secondary N) is 1. The van der Waals surface area contributed by atoms with Crippen LogP contribution in [0.4, 0.5) is 0 Å². The van der Waals surface area contributed by atoms with Crippen LogP contribution < -0.4 is 5.32 Å². The summed E-state index contributed by atoms with van der Waals surface area (Å²) >= 11 is 0. The summed E-state index contributed by atoms with van der Waals surface area (Å²) in [5, 5.41) is 20.1. The number of ether oxygens (including phenoxy) is 1. The molecule has 0 atom stereocenters. The molecule has 2 N–H and O–H groups in total. The highest BCUT2D eigenvalue weighted by Gasteiger charge is 2.08. The van der Waals surface area contributed by atoms with Crippen LogP contribution in [0.1, 0.15) is 27.9 Å². The molecule has 19 heavy (non-hydrogen) atoms. The number of rotatable bonds is 7. The topological polar surface area (TPSA) is 82.4 Å². The first-order chi connectivity index (χ1) is 9.19. The number of aryl methyl sites for hydroxylation is 1. The summed E-state index contributed by atoms with van der Waals surface area (Å²) in [7, 11) is 0. The fraction of sp³-hybridized carbons (Fsp3) is 0.429. The van der Waals surface area contributed by atoms with Crippen molar-refractivity contribution in [1.29, 1.82) is 5.26 Å². The van der Waals surface area contributed by atoms with Crippen LogP contribution in [0.25, 0.3) is 0 Å². The van der Waals surface area contributed by atoms with Gasteiger partial charge in [0, 0.05) is 18.7 Å². The molecule has 0 aliphatic heterocycles. The van der Waals surface area contributed by atoms with Crippen molar-refractivity contribution in [2.24, 2.45) is 0 Å². The molecule has 0 bridgehead atoms. The minimum Gasteiger partial charge on any atom is -0.394 e. The molecule has 0 fully saturated rings. The number of amides is 1. The Hall–Kier alpha value is -1.90. The number of hydrogen-bond acceptors (Lipinski definition) is 4. The van der Waals surface area contributed by atoms with Crippen LogP contribution in [0.5, 0.6) is 0 Å². The second-order valence-corrected chi connectivity index (χ2v) is 4.09. The molecule has 5 heteroatoms. The lowest BCUT2D eigenvalue weighted by Crippen LogP contribution is -2.26. The van der Waals surface area contributed by atoms with E-state index in [1.165, 1.54) is 0 Å². The molecule has 0 saturated heterocycles. The Morgan fingerprint density at radius 3 is 2.89 bits per heavy atom. The number of carbonyl (C=O) groups is 1. The van der Waals surface area contributed by atoms with Crippen molar-refractivity contribution in [1.82, 2.24) is 5.32 Å². The lowest BCUT2D eigenvalue weighted by Gasteiger charge is -2.08. The van der Waals surface area contributed by atoms with E-state index in [0.717, 1.165) is 5.56 Å². The maximum atomic E-state index is 11.9. The van der Waals surface area contributed by atoms with Gasteiger partial charge in [-0.2, -0.15) is 5.26 Å². The van der Waals surface area contributed by atoms with Gasteiger partial charge in [0.25, 0.3) is 5.91 Å². The monoisotopic (exact) mass is 262 g/mol. The van der Waals surface area contributed by atoms with Gasteiger partial charge in [0.2, 0.25) is 0 Å². The average Bonchev–Trinajstić information content (AvgIpc) is 2.42. The molecule has 5 nitrogen and oxygen atoms in total. The zero-order valence-corrected chi connectivity index (χ0v) is 11.0. The lowest BCUT2D eigenvalue weighted by molar-refractivity contribution is 0.0867. The summed E-state index contributed by atoms with van der Waals surface area (Å²) in [5.41, 5.74) is 1.91. The predicted molar refractivity (Wildman–Crippen MR) is 70.7 cm³/mol. The summed E-state index contributed by atoms with van der Waals surface area (Å²) in [5.74, 6) is -0.149. The van der Waals surface area contributed by atoms with Gasteiger partial charge < -0.3 is 15.2 Å². The van der Waals surface area contributed by atoms with Crippen molar-refractivity contribution in [2.75, 3.05) is 26.4 Å². The molecule has 0 heterocycles. The second-order valence-electron chi connectivity index (χ2n) is 4.09. The maximum absolute atomic E-state index is 11.9. The second kappa shape index (κ2) is 8.25. The highest BCUT2D eigenvalue weighted by atomic mass is 16.5. The van der Waals surface area contributed by atoms with E-state index in [4.69, 9.17) is 15.1 Å². The summed E-state index contributed by atoms with van der Waals surface area (Å²) in [4.78, 5) is 11.9. The summed E-state index contributed by atoms with van der Waals surface area (Å²) in [6.07, 6.45) is 0.696. The average molecular weight is 262 g/mol.